The van der Waals surface area contributed by atoms with Gasteiger partial charge in [0.15, 0.2) is 0 Å². The van der Waals surface area contributed by atoms with Crippen LogP contribution < -0.4 is 16.0 Å². The Labute approximate surface area is 240 Å². The topological polar surface area (TPSA) is 87.3 Å². The summed E-state index contributed by atoms with van der Waals surface area (Å²) in [6.07, 6.45) is 1.20. The number of anilines is 2. The van der Waals surface area contributed by atoms with E-state index in [9.17, 15) is 18.8 Å². The predicted molar refractivity (Wildman–Crippen MR) is 159 cm³/mol. The van der Waals surface area contributed by atoms with Gasteiger partial charge in [0.2, 0.25) is 5.91 Å². The molecule has 0 unspecified atom stereocenters. The summed E-state index contributed by atoms with van der Waals surface area (Å²) < 4.78 is 14.5. The second-order valence-corrected chi connectivity index (χ2v) is 10.1. The molecule has 3 amide bonds. The van der Waals surface area contributed by atoms with E-state index >= 15 is 0 Å². The molecule has 0 aromatic heterocycles. The van der Waals surface area contributed by atoms with Gasteiger partial charge in [-0.3, -0.25) is 14.4 Å². The Balaban J connectivity index is 1.49. The summed E-state index contributed by atoms with van der Waals surface area (Å²) in [5, 5.41) is 8.27. The van der Waals surface area contributed by atoms with Crippen molar-refractivity contribution in [2.75, 3.05) is 16.4 Å². The van der Waals surface area contributed by atoms with Crippen LogP contribution in [0, 0.1) is 12.7 Å². The summed E-state index contributed by atoms with van der Waals surface area (Å²) in [6, 6.07) is 26.9. The number of para-hydroxylation sites is 1. The fourth-order valence-corrected chi connectivity index (χ4v) is 4.62. The Morgan fingerprint density at radius 1 is 0.875 bits per heavy atom. The van der Waals surface area contributed by atoms with Crippen LogP contribution in [0.1, 0.15) is 21.5 Å². The van der Waals surface area contributed by atoms with Crippen molar-refractivity contribution in [3.05, 3.63) is 130 Å². The highest BCUT2D eigenvalue weighted by atomic mass is 35.5. The molecule has 0 aliphatic rings. The van der Waals surface area contributed by atoms with Gasteiger partial charge in [-0.2, -0.15) is 0 Å². The molecule has 0 radical (unpaired) electrons. The molecule has 0 atom stereocenters. The van der Waals surface area contributed by atoms with Gasteiger partial charge < -0.3 is 16.0 Å². The Morgan fingerprint density at radius 2 is 1.60 bits per heavy atom. The third-order valence-corrected chi connectivity index (χ3v) is 7.02. The second kappa shape index (κ2) is 13.6. The predicted octanol–water partition coefficient (Wildman–Crippen LogP) is 6.93. The number of carbonyl (C=O) groups excluding carboxylic acids is 3. The largest absolute Gasteiger partial charge is 0.325 e. The van der Waals surface area contributed by atoms with Crippen molar-refractivity contribution in [3.63, 3.8) is 0 Å². The Kier molecular flexibility index (Phi) is 9.72. The van der Waals surface area contributed by atoms with E-state index < -0.39 is 17.6 Å². The van der Waals surface area contributed by atoms with Gasteiger partial charge in [0.25, 0.3) is 11.8 Å². The van der Waals surface area contributed by atoms with Crippen molar-refractivity contribution < 1.29 is 18.8 Å². The maximum Gasteiger partial charge on any atom is 0.272 e. The van der Waals surface area contributed by atoms with Gasteiger partial charge in [-0.1, -0.05) is 60.1 Å². The highest BCUT2D eigenvalue weighted by Crippen LogP contribution is 2.24. The third kappa shape index (κ3) is 7.81. The minimum atomic E-state index is -0.678. The number of amides is 3. The molecule has 4 rings (SSSR count). The first-order chi connectivity index (χ1) is 19.3. The SMILES string of the molecule is Cc1ccccc1NC(=O)CSc1cccc(NC(=O)/C(=C\c2c(F)cccc2Cl)NC(=O)c2ccccc2)c1. The molecule has 9 heteroatoms. The molecule has 0 spiro atoms. The molecule has 0 fully saturated rings. The van der Waals surface area contributed by atoms with E-state index in [1.54, 1.807) is 48.5 Å². The van der Waals surface area contributed by atoms with E-state index in [1.165, 1.54) is 36.0 Å². The first-order valence-corrected chi connectivity index (χ1v) is 13.6. The van der Waals surface area contributed by atoms with E-state index in [4.69, 9.17) is 11.6 Å². The average Bonchev–Trinajstić information content (AvgIpc) is 2.95. The minimum absolute atomic E-state index is 0.0355. The van der Waals surface area contributed by atoms with Crippen LogP contribution in [-0.4, -0.2) is 23.5 Å². The zero-order valence-corrected chi connectivity index (χ0v) is 23.0. The molecule has 0 bridgehead atoms. The van der Waals surface area contributed by atoms with Crippen LogP contribution in [0.25, 0.3) is 6.08 Å². The van der Waals surface area contributed by atoms with E-state index in [0.29, 0.717) is 11.3 Å². The number of halogens is 2. The lowest BCUT2D eigenvalue weighted by Crippen LogP contribution is -2.30. The van der Waals surface area contributed by atoms with Crippen LogP contribution in [-0.2, 0) is 9.59 Å². The summed E-state index contributed by atoms with van der Waals surface area (Å²) in [7, 11) is 0. The van der Waals surface area contributed by atoms with Gasteiger partial charge in [0.05, 0.1) is 10.8 Å². The molecule has 40 heavy (non-hydrogen) atoms. The van der Waals surface area contributed by atoms with Crippen molar-refractivity contribution in [1.82, 2.24) is 5.32 Å². The summed E-state index contributed by atoms with van der Waals surface area (Å²) >= 11 is 7.47. The number of aryl methyl sites for hydroxylation is 1. The van der Waals surface area contributed by atoms with Crippen LogP contribution >= 0.6 is 23.4 Å². The van der Waals surface area contributed by atoms with Crippen LogP contribution in [0.4, 0.5) is 15.8 Å². The van der Waals surface area contributed by atoms with Crippen LogP contribution in [0.5, 0.6) is 0 Å². The number of rotatable bonds is 9. The molecule has 0 aliphatic heterocycles. The number of benzene rings is 4. The normalized spacial score (nSPS) is 11.0. The van der Waals surface area contributed by atoms with E-state index in [2.05, 4.69) is 16.0 Å². The minimum Gasteiger partial charge on any atom is -0.325 e. The van der Waals surface area contributed by atoms with Gasteiger partial charge in [0.1, 0.15) is 11.5 Å². The van der Waals surface area contributed by atoms with Gasteiger partial charge in [-0.25, -0.2) is 4.39 Å². The summed E-state index contributed by atoms with van der Waals surface area (Å²) in [6.45, 7) is 1.92. The molecule has 4 aromatic rings. The molecule has 0 saturated carbocycles. The molecule has 0 heterocycles. The molecule has 0 saturated heterocycles. The van der Waals surface area contributed by atoms with Crippen LogP contribution in [0.15, 0.2) is 108 Å². The molecule has 202 valence electrons. The molecular formula is C31H25ClFN3O3S. The zero-order valence-electron chi connectivity index (χ0n) is 21.4. The summed E-state index contributed by atoms with van der Waals surface area (Å²) in [4.78, 5) is 39.3. The lowest BCUT2D eigenvalue weighted by Gasteiger charge is -2.13. The number of nitrogens with one attached hydrogen (secondary N) is 3. The first kappa shape index (κ1) is 28.6. The Morgan fingerprint density at radius 3 is 2.35 bits per heavy atom. The molecule has 4 aromatic carbocycles. The number of hydrogen-bond donors (Lipinski definition) is 3. The van der Waals surface area contributed by atoms with Crippen molar-refractivity contribution in [3.8, 4) is 0 Å². The van der Waals surface area contributed by atoms with Gasteiger partial charge >= 0.3 is 0 Å². The summed E-state index contributed by atoms with van der Waals surface area (Å²) in [5.41, 5.74) is 2.23. The van der Waals surface area contributed by atoms with E-state index in [0.717, 1.165) is 16.1 Å². The van der Waals surface area contributed by atoms with Crippen molar-refractivity contribution in [2.24, 2.45) is 0 Å². The lowest BCUT2D eigenvalue weighted by atomic mass is 10.1. The Bertz CT molecular complexity index is 1560. The quantitative estimate of drug-likeness (QED) is 0.150. The molecule has 3 N–H and O–H groups in total. The molecule has 0 aliphatic carbocycles. The van der Waals surface area contributed by atoms with Crippen LogP contribution in [0.3, 0.4) is 0 Å². The van der Waals surface area contributed by atoms with E-state index in [-0.39, 0.29) is 27.9 Å². The second-order valence-electron chi connectivity index (χ2n) is 8.65. The maximum absolute atomic E-state index is 14.5. The first-order valence-electron chi connectivity index (χ1n) is 12.2. The highest BCUT2D eigenvalue weighted by Gasteiger charge is 2.17. The van der Waals surface area contributed by atoms with Crippen molar-refractivity contribution in [2.45, 2.75) is 11.8 Å². The summed E-state index contributed by atoms with van der Waals surface area (Å²) in [5.74, 6) is -1.87. The zero-order chi connectivity index (χ0) is 28.5. The van der Waals surface area contributed by atoms with Crippen molar-refractivity contribution >= 4 is 58.5 Å². The number of carbonyl (C=O) groups is 3. The standard InChI is InChI=1S/C31H25ClFN3O3S/c1-20-9-5-6-16-27(20)35-29(37)19-40-23-13-7-12-22(17-23)34-31(39)28(18-24-25(32)14-8-15-26(24)33)36-30(38)21-10-3-2-4-11-21/h2-18H,19H2,1H3,(H,34,39)(H,35,37)(H,36,38)/b28-18+. The molecule has 6 nitrogen and oxygen atoms in total. The average molecular weight is 574 g/mol. The van der Waals surface area contributed by atoms with Gasteiger partial charge in [-0.15, -0.1) is 11.8 Å². The Hall–Kier alpha value is -4.40. The lowest BCUT2D eigenvalue weighted by molar-refractivity contribution is -0.114. The van der Waals surface area contributed by atoms with Gasteiger partial charge in [0, 0.05) is 27.4 Å². The number of hydrogen-bond acceptors (Lipinski definition) is 4. The molecular weight excluding hydrogens is 549 g/mol. The third-order valence-electron chi connectivity index (χ3n) is 5.70. The highest BCUT2D eigenvalue weighted by molar-refractivity contribution is 8.00. The smallest absolute Gasteiger partial charge is 0.272 e. The number of thioether (sulfide) groups is 1. The fourth-order valence-electron chi connectivity index (χ4n) is 3.65. The van der Waals surface area contributed by atoms with E-state index in [1.807, 2.05) is 37.3 Å². The monoisotopic (exact) mass is 573 g/mol. The van der Waals surface area contributed by atoms with Crippen LogP contribution in [0.2, 0.25) is 5.02 Å². The maximum atomic E-state index is 14.5. The van der Waals surface area contributed by atoms with Crippen molar-refractivity contribution in [1.29, 1.82) is 0 Å². The van der Waals surface area contributed by atoms with Gasteiger partial charge in [-0.05, 0) is 67.1 Å². The fraction of sp³-hybridized carbons (Fsp3) is 0.0645.